The van der Waals surface area contributed by atoms with Crippen LogP contribution in [0, 0.1) is 0 Å². The second-order valence-electron chi connectivity index (χ2n) is 4.73. The number of carboxylic acids is 1. The molecule has 0 unspecified atom stereocenters. The largest absolute Gasteiger partial charge is 0.480 e. The van der Waals surface area contributed by atoms with Crippen LogP contribution in [0.1, 0.15) is 38.5 Å². The summed E-state index contributed by atoms with van der Waals surface area (Å²) in [6, 6.07) is -1.12. The summed E-state index contributed by atoms with van der Waals surface area (Å²) < 4.78 is 0. The van der Waals surface area contributed by atoms with Crippen LogP contribution < -0.4 is 16.8 Å². The van der Waals surface area contributed by atoms with Crippen molar-refractivity contribution in [1.29, 1.82) is 0 Å². The molecule has 0 saturated heterocycles. The lowest BCUT2D eigenvalue weighted by molar-refractivity contribution is -0.143. The first-order valence-corrected chi connectivity index (χ1v) is 5.96. The van der Waals surface area contributed by atoms with E-state index in [1.165, 1.54) is 0 Å². The third-order valence-corrected chi connectivity index (χ3v) is 3.23. The number of carboxylic acid groups (broad SMARTS) is 1. The van der Waals surface area contributed by atoms with Crippen LogP contribution in [0.2, 0.25) is 0 Å². The Kier molecular flexibility index (Phi) is 4.66. The lowest BCUT2D eigenvalue weighted by Gasteiger charge is -2.24. The van der Waals surface area contributed by atoms with Crippen LogP contribution in [0.15, 0.2) is 0 Å². The number of primary amides is 1. The second-order valence-corrected chi connectivity index (χ2v) is 4.73. The van der Waals surface area contributed by atoms with Gasteiger partial charge in [-0.05, 0) is 19.3 Å². The van der Waals surface area contributed by atoms with E-state index in [4.69, 9.17) is 16.6 Å². The normalized spacial score (nSPS) is 19.2. The molecule has 1 rings (SSSR count). The van der Waals surface area contributed by atoms with Crippen LogP contribution in [0.3, 0.4) is 0 Å². The van der Waals surface area contributed by atoms with E-state index in [0.29, 0.717) is 12.8 Å². The molecule has 0 spiro atoms. The number of hydrogen-bond acceptors (Lipinski definition) is 4. The highest BCUT2D eigenvalue weighted by Gasteiger charge is 2.38. The molecule has 0 aromatic heterocycles. The summed E-state index contributed by atoms with van der Waals surface area (Å²) in [5, 5.41) is 11.3. The molecular weight excluding hydrogens is 238 g/mol. The number of nitrogens with one attached hydrogen (secondary N) is 1. The molecule has 1 atom stereocenters. The molecular formula is C11H19N3O4. The standard InChI is InChI=1S/C11H19N3O4/c12-8(15)4-3-7(9(16)17)14-10(18)11(13)5-1-2-6-11/h7H,1-6,13H2,(H2,12,15)(H,14,18)(H,16,17)/t7-/m0/s1. The van der Waals surface area contributed by atoms with Gasteiger partial charge in [-0.2, -0.15) is 0 Å². The molecule has 0 aliphatic heterocycles. The summed E-state index contributed by atoms with van der Waals surface area (Å²) in [5.41, 5.74) is 9.89. The van der Waals surface area contributed by atoms with Crippen LogP contribution in [0.5, 0.6) is 0 Å². The maximum Gasteiger partial charge on any atom is 0.326 e. The van der Waals surface area contributed by atoms with Gasteiger partial charge in [0.05, 0.1) is 5.54 Å². The molecule has 0 aromatic carbocycles. The Hall–Kier alpha value is -1.63. The number of aliphatic carboxylic acids is 1. The Morgan fingerprint density at radius 2 is 1.83 bits per heavy atom. The fraction of sp³-hybridized carbons (Fsp3) is 0.727. The van der Waals surface area contributed by atoms with Crippen molar-refractivity contribution in [3.63, 3.8) is 0 Å². The summed E-state index contributed by atoms with van der Waals surface area (Å²) in [5.74, 6) is -2.25. The zero-order valence-corrected chi connectivity index (χ0v) is 10.1. The maximum atomic E-state index is 11.9. The first kappa shape index (κ1) is 14.4. The molecule has 102 valence electrons. The molecule has 7 nitrogen and oxygen atoms in total. The molecule has 2 amide bonds. The van der Waals surface area contributed by atoms with Gasteiger partial charge in [0.2, 0.25) is 11.8 Å². The number of nitrogens with two attached hydrogens (primary N) is 2. The molecule has 6 N–H and O–H groups in total. The minimum absolute atomic E-state index is 0.0213. The van der Waals surface area contributed by atoms with Crippen molar-refractivity contribution >= 4 is 17.8 Å². The Balaban J connectivity index is 2.57. The Labute approximate surface area is 105 Å². The SMILES string of the molecule is NC(=O)CC[C@H](NC(=O)C1(N)CCCC1)C(=O)O. The number of amides is 2. The molecule has 1 fully saturated rings. The lowest BCUT2D eigenvalue weighted by Crippen LogP contribution is -2.56. The topological polar surface area (TPSA) is 136 Å². The highest BCUT2D eigenvalue weighted by molar-refractivity contribution is 5.90. The fourth-order valence-corrected chi connectivity index (χ4v) is 2.08. The van der Waals surface area contributed by atoms with Crippen LogP contribution in [-0.4, -0.2) is 34.5 Å². The highest BCUT2D eigenvalue weighted by atomic mass is 16.4. The van der Waals surface area contributed by atoms with Gasteiger partial charge < -0.3 is 21.9 Å². The smallest absolute Gasteiger partial charge is 0.326 e. The van der Waals surface area contributed by atoms with E-state index in [0.717, 1.165) is 12.8 Å². The van der Waals surface area contributed by atoms with Crippen molar-refractivity contribution in [2.45, 2.75) is 50.1 Å². The van der Waals surface area contributed by atoms with Crippen molar-refractivity contribution in [3.05, 3.63) is 0 Å². The summed E-state index contributed by atoms with van der Waals surface area (Å²) in [4.78, 5) is 33.5. The molecule has 0 radical (unpaired) electrons. The van der Waals surface area contributed by atoms with E-state index in [1.807, 2.05) is 0 Å². The van der Waals surface area contributed by atoms with Gasteiger partial charge in [0.1, 0.15) is 6.04 Å². The molecule has 0 aromatic rings. The van der Waals surface area contributed by atoms with Gasteiger partial charge in [-0.15, -0.1) is 0 Å². The van der Waals surface area contributed by atoms with Gasteiger partial charge in [-0.3, -0.25) is 9.59 Å². The summed E-state index contributed by atoms with van der Waals surface area (Å²) in [7, 11) is 0. The second kappa shape index (κ2) is 5.81. The predicted octanol–water partition coefficient (Wildman–Crippen LogP) is -0.907. The first-order valence-electron chi connectivity index (χ1n) is 5.96. The lowest BCUT2D eigenvalue weighted by atomic mass is 9.97. The predicted molar refractivity (Wildman–Crippen MR) is 63.4 cm³/mol. The van der Waals surface area contributed by atoms with E-state index >= 15 is 0 Å². The third-order valence-electron chi connectivity index (χ3n) is 3.23. The van der Waals surface area contributed by atoms with Gasteiger partial charge in [0.25, 0.3) is 0 Å². The van der Waals surface area contributed by atoms with Gasteiger partial charge in [-0.1, -0.05) is 12.8 Å². The fourth-order valence-electron chi connectivity index (χ4n) is 2.08. The molecule has 0 heterocycles. The molecule has 1 saturated carbocycles. The summed E-state index contributed by atoms with van der Waals surface area (Å²) in [6.45, 7) is 0. The number of rotatable bonds is 6. The summed E-state index contributed by atoms with van der Waals surface area (Å²) >= 11 is 0. The van der Waals surface area contributed by atoms with Crippen molar-refractivity contribution in [1.82, 2.24) is 5.32 Å². The number of carbonyl (C=O) groups excluding carboxylic acids is 2. The van der Waals surface area contributed by atoms with Crippen LogP contribution in [0.25, 0.3) is 0 Å². The van der Waals surface area contributed by atoms with E-state index in [9.17, 15) is 14.4 Å². The van der Waals surface area contributed by atoms with E-state index in [2.05, 4.69) is 5.32 Å². The third kappa shape index (κ3) is 3.69. The molecule has 1 aliphatic carbocycles. The average molecular weight is 257 g/mol. The number of hydrogen-bond donors (Lipinski definition) is 4. The minimum atomic E-state index is -1.19. The van der Waals surface area contributed by atoms with Crippen molar-refractivity contribution < 1.29 is 19.5 Å². The molecule has 0 bridgehead atoms. The van der Waals surface area contributed by atoms with Crippen LogP contribution in [-0.2, 0) is 14.4 Å². The first-order chi connectivity index (χ1) is 8.35. The Bertz CT molecular complexity index is 350. The highest BCUT2D eigenvalue weighted by Crippen LogP contribution is 2.27. The zero-order chi connectivity index (χ0) is 13.8. The Morgan fingerprint density at radius 3 is 2.28 bits per heavy atom. The summed E-state index contributed by atoms with van der Waals surface area (Å²) in [6.07, 6.45) is 2.73. The van der Waals surface area contributed by atoms with Crippen LogP contribution >= 0.6 is 0 Å². The van der Waals surface area contributed by atoms with E-state index in [1.54, 1.807) is 0 Å². The van der Waals surface area contributed by atoms with E-state index < -0.39 is 29.4 Å². The molecule has 1 aliphatic rings. The van der Waals surface area contributed by atoms with Crippen molar-refractivity contribution in [3.8, 4) is 0 Å². The van der Waals surface area contributed by atoms with Crippen LogP contribution in [0.4, 0.5) is 0 Å². The quantitative estimate of drug-likeness (QED) is 0.488. The monoisotopic (exact) mass is 257 g/mol. The molecule has 7 heteroatoms. The average Bonchev–Trinajstić information content (AvgIpc) is 2.71. The van der Waals surface area contributed by atoms with Gasteiger partial charge >= 0.3 is 5.97 Å². The van der Waals surface area contributed by atoms with Gasteiger partial charge in [0.15, 0.2) is 0 Å². The molecule has 18 heavy (non-hydrogen) atoms. The van der Waals surface area contributed by atoms with Crippen molar-refractivity contribution in [2.24, 2.45) is 11.5 Å². The van der Waals surface area contributed by atoms with Gasteiger partial charge in [-0.25, -0.2) is 4.79 Å². The Morgan fingerprint density at radius 1 is 1.28 bits per heavy atom. The number of carbonyl (C=O) groups is 3. The minimum Gasteiger partial charge on any atom is -0.480 e. The zero-order valence-electron chi connectivity index (χ0n) is 10.1. The maximum absolute atomic E-state index is 11.9. The van der Waals surface area contributed by atoms with Gasteiger partial charge in [0, 0.05) is 6.42 Å². The van der Waals surface area contributed by atoms with Crippen molar-refractivity contribution in [2.75, 3.05) is 0 Å². The van der Waals surface area contributed by atoms with E-state index in [-0.39, 0.29) is 12.8 Å².